The molecule has 0 aliphatic carbocycles. The fraction of sp³-hybridized carbons (Fsp3) is 0.176. The van der Waals surface area contributed by atoms with Gasteiger partial charge in [0, 0.05) is 12.3 Å². The quantitative estimate of drug-likeness (QED) is 0.887. The lowest BCUT2D eigenvalue weighted by molar-refractivity contribution is 0.00955. The minimum atomic E-state index is -2.24. The molecule has 0 radical (unpaired) electrons. The first kappa shape index (κ1) is 16.5. The van der Waals surface area contributed by atoms with E-state index in [1.807, 2.05) is 6.07 Å². The average molecular weight is 346 g/mol. The number of hydrogen-bond donors (Lipinski definition) is 2. The van der Waals surface area contributed by atoms with Crippen molar-refractivity contribution in [3.05, 3.63) is 63.8 Å². The van der Waals surface area contributed by atoms with Crippen LogP contribution in [0.3, 0.4) is 0 Å². The van der Waals surface area contributed by atoms with Gasteiger partial charge in [-0.2, -0.15) is 5.26 Å². The van der Waals surface area contributed by atoms with Crippen molar-refractivity contribution in [2.75, 3.05) is 13.3 Å². The van der Waals surface area contributed by atoms with E-state index in [0.29, 0.717) is 0 Å². The third kappa shape index (κ3) is 2.80. The molecule has 0 bridgehead atoms. The van der Waals surface area contributed by atoms with Crippen molar-refractivity contribution in [2.45, 2.75) is 5.60 Å². The minimum Gasteiger partial charge on any atom is -0.505 e. The number of alkyl halides is 2. The molecule has 128 valence electrons. The number of nitrogens with zero attached hydrogens (tertiary/aromatic N) is 1. The molecular weight excluding hydrogens is 334 g/mol. The molecule has 0 amide bonds. The Labute approximate surface area is 140 Å². The summed E-state index contributed by atoms with van der Waals surface area (Å²) in [6.45, 7) is -2.67. The van der Waals surface area contributed by atoms with Crippen LogP contribution in [-0.2, 0) is 0 Å². The number of nitriles is 1. The standard InChI is InChI=1S/C17H12F2N2O4/c18-8-17(9-19)16(23)15(24-11-3-4-21-14(22)6-11)12-5-10(7-20)1-2-13(12)25-17/h1-6,23H,8-9H2,(H,21,22). The van der Waals surface area contributed by atoms with Gasteiger partial charge in [-0.15, -0.1) is 0 Å². The van der Waals surface area contributed by atoms with Crippen molar-refractivity contribution in [3.63, 3.8) is 0 Å². The molecule has 0 unspecified atom stereocenters. The molecule has 25 heavy (non-hydrogen) atoms. The van der Waals surface area contributed by atoms with Crippen LogP contribution < -0.4 is 15.0 Å². The smallest absolute Gasteiger partial charge is 0.251 e. The van der Waals surface area contributed by atoms with Gasteiger partial charge in [0.05, 0.1) is 17.2 Å². The first-order valence-corrected chi connectivity index (χ1v) is 7.19. The predicted octanol–water partition coefficient (Wildman–Crippen LogP) is 2.62. The number of rotatable bonds is 4. The Bertz CT molecular complexity index is 942. The Kier molecular flexibility index (Phi) is 4.15. The molecule has 0 saturated heterocycles. The maximum absolute atomic E-state index is 13.5. The molecule has 1 aromatic carbocycles. The van der Waals surface area contributed by atoms with Crippen LogP contribution in [0.15, 0.2) is 47.1 Å². The van der Waals surface area contributed by atoms with Crippen molar-refractivity contribution in [1.82, 2.24) is 4.98 Å². The van der Waals surface area contributed by atoms with Crippen molar-refractivity contribution >= 4 is 5.76 Å². The summed E-state index contributed by atoms with van der Waals surface area (Å²) in [6, 6.07) is 8.55. The maximum Gasteiger partial charge on any atom is 0.251 e. The summed E-state index contributed by atoms with van der Waals surface area (Å²) in [5.41, 5.74) is -2.32. The summed E-state index contributed by atoms with van der Waals surface area (Å²) in [7, 11) is 0. The zero-order chi connectivity index (χ0) is 18.0. The predicted molar refractivity (Wildman–Crippen MR) is 83.7 cm³/mol. The number of halogens is 2. The van der Waals surface area contributed by atoms with E-state index in [4.69, 9.17) is 14.7 Å². The van der Waals surface area contributed by atoms with Crippen LogP contribution in [0.5, 0.6) is 11.5 Å². The van der Waals surface area contributed by atoms with Crippen LogP contribution in [0, 0.1) is 11.3 Å². The number of H-pyrrole nitrogens is 1. The lowest BCUT2D eigenvalue weighted by Gasteiger charge is -2.34. The zero-order valence-corrected chi connectivity index (χ0v) is 12.8. The lowest BCUT2D eigenvalue weighted by atomic mass is 9.95. The van der Waals surface area contributed by atoms with Crippen LogP contribution >= 0.6 is 0 Å². The number of fused-ring (bicyclic) bond motifs is 1. The summed E-state index contributed by atoms with van der Waals surface area (Å²) >= 11 is 0. The van der Waals surface area contributed by atoms with E-state index in [-0.39, 0.29) is 28.4 Å². The second kappa shape index (κ2) is 6.28. The molecule has 6 nitrogen and oxygen atoms in total. The molecule has 0 atom stereocenters. The number of aromatic nitrogens is 1. The monoisotopic (exact) mass is 346 g/mol. The topological polar surface area (TPSA) is 95.3 Å². The first-order chi connectivity index (χ1) is 12.0. The number of pyridine rings is 1. The van der Waals surface area contributed by atoms with Crippen LogP contribution in [0.2, 0.25) is 0 Å². The number of ether oxygens (including phenoxy) is 2. The van der Waals surface area contributed by atoms with Gasteiger partial charge in [0.25, 0.3) is 5.56 Å². The third-order valence-corrected chi connectivity index (χ3v) is 3.70. The van der Waals surface area contributed by atoms with E-state index in [2.05, 4.69) is 4.98 Å². The van der Waals surface area contributed by atoms with Gasteiger partial charge in [0.15, 0.2) is 11.5 Å². The highest BCUT2D eigenvalue weighted by Gasteiger charge is 2.45. The Morgan fingerprint density at radius 3 is 2.68 bits per heavy atom. The molecule has 2 aromatic rings. The van der Waals surface area contributed by atoms with Crippen LogP contribution in [0.25, 0.3) is 5.76 Å². The van der Waals surface area contributed by atoms with E-state index in [9.17, 15) is 18.7 Å². The van der Waals surface area contributed by atoms with Crippen molar-refractivity contribution < 1.29 is 23.4 Å². The van der Waals surface area contributed by atoms with Gasteiger partial charge in [-0.25, -0.2) is 8.78 Å². The molecule has 1 aromatic heterocycles. The highest BCUT2D eigenvalue weighted by molar-refractivity contribution is 5.73. The second-order valence-corrected chi connectivity index (χ2v) is 5.35. The molecule has 8 heteroatoms. The fourth-order valence-electron chi connectivity index (χ4n) is 2.39. The summed E-state index contributed by atoms with van der Waals surface area (Å²) < 4.78 is 37.8. The van der Waals surface area contributed by atoms with E-state index in [1.165, 1.54) is 30.5 Å². The van der Waals surface area contributed by atoms with Gasteiger partial charge in [0.1, 0.15) is 24.8 Å². The van der Waals surface area contributed by atoms with Crippen LogP contribution in [0.1, 0.15) is 11.1 Å². The molecule has 1 aliphatic heterocycles. The number of aliphatic hydroxyl groups is 1. The molecule has 0 fully saturated rings. The summed E-state index contributed by atoms with van der Waals surface area (Å²) in [6.07, 6.45) is 1.32. The number of hydrogen-bond acceptors (Lipinski definition) is 5. The summed E-state index contributed by atoms with van der Waals surface area (Å²) in [5.74, 6) is -0.973. The normalized spacial score (nSPS) is 15.1. The number of aromatic amines is 1. The molecule has 1 aliphatic rings. The van der Waals surface area contributed by atoms with Gasteiger partial charge < -0.3 is 19.6 Å². The lowest BCUT2D eigenvalue weighted by Crippen LogP contribution is -2.46. The maximum atomic E-state index is 13.5. The molecule has 3 rings (SSSR count). The fourth-order valence-corrected chi connectivity index (χ4v) is 2.39. The molecular formula is C17H12F2N2O4. The van der Waals surface area contributed by atoms with E-state index < -0.39 is 30.3 Å². The van der Waals surface area contributed by atoms with Gasteiger partial charge in [-0.3, -0.25) is 4.79 Å². The Morgan fingerprint density at radius 1 is 1.28 bits per heavy atom. The van der Waals surface area contributed by atoms with Crippen molar-refractivity contribution in [2.24, 2.45) is 0 Å². The van der Waals surface area contributed by atoms with Crippen molar-refractivity contribution in [3.8, 4) is 17.6 Å². The summed E-state index contributed by atoms with van der Waals surface area (Å²) in [4.78, 5) is 13.8. The molecule has 0 saturated carbocycles. The van der Waals surface area contributed by atoms with Gasteiger partial charge in [-0.05, 0) is 24.3 Å². The second-order valence-electron chi connectivity index (χ2n) is 5.35. The Hall–Kier alpha value is -3.34. The number of nitrogens with one attached hydrogen (secondary N) is 1. The highest BCUT2D eigenvalue weighted by atomic mass is 19.1. The molecule has 0 spiro atoms. The van der Waals surface area contributed by atoms with Crippen molar-refractivity contribution in [1.29, 1.82) is 5.26 Å². The van der Waals surface area contributed by atoms with E-state index in [0.717, 1.165) is 6.07 Å². The van der Waals surface area contributed by atoms with E-state index in [1.54, 1.807) is 0 Å². The third-order valence-electron chi connectivity index (χ3n) is 3.70. The average Bonchev–Trinajstić information content (AvgIpc) is 2.63. The zero-order valence-electron chi connectivity index (χ0n) is 12.8. The first-order valence-electron chi connectivity index (χ1n) is 7.19. The number of benzene rings is 1. The van der Waals surface area contributed by atoms with Crippen LogP contribution in [0.4, 0.5) is 8.78 Å². The van der Waals surface area contributed by atoms with Crippen LogP contribution in [-0.4, -0.2) is 29.0 Å². The molecule has 2 heterocycles. The Balaban J connectivity index is 2.19. The minimum absolute atomic E-state index is 0.0481. The largest absolute Gasteiger partial charge is 0.505 e. The van der Waals surface area contributed by atoms with Gasteiger partial charge in [-0.1, -0.05) is 0 Å². The molecule has 2 N–H and O–H groups in total. The van der Waals surface area contributed by atoms with Gasteiger partial charge >= 0.3 is 0 Å². The Morgan fingerprint density at radius 2 is 2.04 bits per heavy atom. The summed E-state index contributed by atoms with van der Waals surface area (Å²) in [5, 5.41) is 19.4. The van der Waals surface area contributed by atoms with Gasteiger partial charge in [0.2, 0.25) is 5.60 Å². The highest BCUT2D eigenvalue weighted by Crippen LogP contribution is 2.41. The van der Waals surface area contributed by atoms with E-state index >= 15 is 0 Å². The number of aliphatic hydroxyl groups excluding tert-OH is 1. The SMILES string of the molecule is N#Cc1ccc2c(c1)C(Oc1cc[nH]c(=O)c1)=C(O)C(CF)(CF)O2.